The molecule has 158 valence electrons. The van der Waals surface area contributed by atoms with Crippen LogP contribution in [0.25, 0.3) is 0 Å². The molecular formula is C24H29ClN4O. The first kappa shape index (κ1) is 19.9. The molecule has 4 aliphatic rings. The Hall–Kier alpha value is -2.06. The number of carbonyl (C=O) groups excluding carboxylic acids is 1. The molecular weight excluding hydrogens is 396 g/mol. The number of fused-ring (bicyclic) bond motifs is 4. The van der Waals surface area contributed by atoms with E-state index in [1.54, 1.807) is 6.07 Å². The summed E-state index contributed by atoms with van der Waals surface area (Å²) in [4.78, 5) is 15.6. The van der Waals surface area contributed by atoms with Crippen molar-refractivity contribution in [2.75, 3.05) is 12.4 Å². The Morgan fingerprint density at radius 3 is 2.87 bits per heavy atom. The first-order valence-electron chi connectivity index (χ1n) is 11.0. The van der Waals surface area contributed by atoms with Crippen molar-refractivity contribution in [1.82, 2.24) is 4.90 Å². The number of rotatable bonds is 5. The second-order valence-electron chi connectivity index (χ2n) is 10.5. The first-order valence-corrected chi connectivity index (χ1v) is 11.3. The second kappa shape index (κ2) is 6.23. The number of anilines is 1. The minimum Gasteiger partial charge on any atom is -0.388 e. The Morgan fingerprint density at radius 2 is 2.17 bits per heavy atom. The molecule has 6 unspecified atom stereocenters. The third kappa shape index (κ3) is 2.35. The summed E-state index contributed by atoms with van der Waals surface area (Å²) in [6.45, 7) is 4.26. The molecule has 1 aromatic carbocycles. The van der Waals surface area contributed by atoms with Gasteiger partial charge in [-0.05, 0) is 55.1 Å². The summed E-state index contributed by atoms with van der Waals surface area (Å²) < 4.78 is 0. The van der Waals surface area contributed by atoms with E-state index in [1.165, 1.54) is 0 Å². The molecule has 6 atom stereocenters. The highest BCUT2D eigenvalue weighted by atomic mass is 35.5. The fourth-order valence-electron chi connectivity index (χ4n) is 7.63. The predicted molar refractivity (Wildman–Crippen MR) is 118 cm³/mol. The summed E-state index contributed by atoms with van der Waals surface area (Å²) in [6, 6.07) is 8.65. The van der Waals surface area contributed by atoms with Crippen molar-refractivity contribution in [1.29, 1.82) is 10.7 Å². The van der Waals surface area contributed by atoms with Gasteiger partial charge in [0.1, 0.15) is 0 Å². The minimum atomic E-state index is -0.237. The Labute approximate surface area is 183 Å². The number of nitrogens with zero attached hydrogens (tertiary/aromatic N) is 2. The third-order valence-electron chi connectivity index (χ3n) is 8.95. The molecule has 0 aromatic heterocycles. The number of hydrogen-bond acceptors (Lipinski definition) is 4. The van der Waals surface area contributed by atoms with Crippen LogP contribution in [0.2, 0.25) is 5.02 Å². The molecule has 4 bridgehead atoms. The van der Waals surface area contributed by atoms with E-state index in [2.05, 4.69) is 23.2 Å². The predicted octanol–water partition coefficient (Wildman–Crippen LogP) is 4.85. The smallest absolute Gasteiger partial charge is 0.223 e. The largest absolute Gasteiger partial charge is 0.388 e. The number of hydrogen-bond donors (Lipinski definition) is 2. The SMILES string of the molecule is CNc1cccc(Cl)c1C(=N)C(C)CC(=O)N1C2CC3(C#N)CC4(C2)CC1C4(C)C3. The van der Waals surface area contributed by atoms with Crippen molar-refractivity contribution in [3.8, 4) is 6.07 Å². The number of benzene rings is 1. The van der Waals surface area contributed by atoms with Crippen LogP contribution < -0.4 is 5.32 Å². The lowest BCUT2D eigenvalue weighted by Crippen LogP contribution is -2.73. The highest BCUT2D eigenvalue weighted by molar-refractivity contribution is 6.35. The van der Waals surface area contributed by atoms with Gasteiger partial charge >= 0.3 is 0 Å². The van der Waals surface area contributed by atoms with Crippen molar-refractivity contribution < 1.29 is 4.79 Å². The fraction of sp³-hybridized carbons (Fsp3) is 0.625. The summed E-state index contributed by atoms with van der Waals surface area (Å²) in [5.74, 6) is -0.0944. The summed E-state index contributed by atoms with van der Waals surface area (Å²) in [5, 5.41) is 22.3. The van der Waals surface area contributed by atoms with Crippen molar-refractivity contribution in [3.63, 3.8) is 0 Å². The number of amides is 1. The van der Waals surface area contributed by atoms with Gasteiger partial charge in [0, 0.05) is 48.4 Å². The molecule has 0 radical (unpaired) electrons. The van der Waals surface area contributed by atoms with Gasteiger partial charge in [0.2, 0.25) is 5.91 Å². The average molecular weight is 425 g/mol. The van der Waals surface area contributed by atoms with Crippen LogP contribution in [0.1, 0.15) is 57.9 Å². The van der Waals surface area contributed by atoms with Gasteiger partial charge in [-0.3, -0.25) is 4.79 Å². The van der Waals surface area contributed by atoms with Crippen molar-refractivity contribution in [2.24, 2.45) is 22.2 Å². The van der Waals surface area contributed by atoms with Gasteiger partial charge < -0.3 is 15.6 Å². The van der Waals surface area contributed by atoms with Crippen LogP contribution in [0.3, 0.4) is 0 Å². The highest BCUT2D eigenvalue weighted by Gasteiger charge is 2.79. The molecule has 2 N–H and O–H groups in total. The average Bonchev–Trinajstić information content (AvgIpc) is 2.80. The van der Waals surface area contributed by atoms with Crippen LogP contribution in [0, 0.1) is 38.9 Å². The summed E-state index contributed by atoms with van der Waals surface area (Å²) in [5.41, 5.74) is 2.02. The van der Waals surface area contributed by atoms with Gasteiger partial charge in [0.25, 0.3) is 0 Å². The van der Waals surface area contributed by atoms with Gasteiger partial charge in [-0.15, -0.1) is 0 Å². The van der Waals surface area contributed by atoms with E-state index in [-0.39, 0.29) is 40.2 Å². The van der Waals surface area contributed by atoms with Crippen LogP contribution in [0.15, 0.2) is 18.2 Å². The van der Waals surface area contributed by atoms with Crippen LogP contribution in [0.4, 0.5) is 5.69 Å². The summed E-state index contributed by atoms with van der Waals surface area (Å²) in [6.07, 6.45) is 5.21. The van der Waals surface area contributed by atoms with Gasteiger partial charge in [-0.25, -0.2) is 0 Å². The molecule has 6 heteroatoms. The first-order chi connectivity index (χ1) is 14.2. The molecule has 30 heavy (non-hydrogen) atoms. The number of piperidine rings is 2. The number of carbonyl (C=O) groups is 1. The molecule has 5 rings (SSSR count). The molecule has 1 saturated heterocycles. The Kier molecular flexibility index (Phi) is 4.13. The summed E-state index contributed by atoms with van der Waals surface area (Å²) in [7, 11) is 1.82. The minimum absolute atomic E-state index is 0.0875. The van der Waals surface area contributed by atoms with Gasteiger partial charge in [0.05, 0.1) is 16.5 Å². The lowest BCUT2D eigenvalue weighted by atomic mass is 9.43. The number of halogens is 1. The van der Waals surface area contributed by atoms with E-state index < -0.39 is 0 Å². The van der Waals surface area contributed by atoms with E-state index >= 15 is 0 Å². The Bertz CT molecular complexity index is 1000. The maximum Gasteiger partial charge on any atom is 0.223 e. The molecule has 3 aliphatic carbocycles. The molecule has 3 saturated carbocycles. The van der Waals surface area contributed by atoms with E-state index in [1.807, 2.05) is 26.1 Å². The molecule has 1 spiro atoms. The highest BCUT2D eigenvalue weighted by Crippen LogP contribution is 2.80. The van der Waals surface area contributed by atoms with Crippen molar-refractivity contribution in [3.05, 3.63) is 28.8 Å². The van der Waals surface area contributed by atoms with Crippen LogP contribution in [-0.4, -0.2) is 35.7 Å². The number of nitrogens with one attached hydrogen (secondary N) is 2. The normalized spacial score (nSPS) is 38.6. The van der Waals surface area contributed by atoms with E-state index in [4.69, 9.17) is 17.0 Å². The monoisotopic (exact) mass is 424 g/mol. The molecule has 1 aromatic rings. The standard InChI is InChI=1S/C24H29ClN4O/c1-14(21(27)20-16(25)5-4-6-17(20)28-3)7-19(30)29-15-8-23(13-26)11-22(2)18(29)10-24(22,9-15)12-23/h4-6,14-15,18,27-28H,7-12H2,1-3H3. The number of likely N-dealkylation sites (tertiary alicyclic amines) is 1. The molecule has 1 heterocycles. The Morgan fingerprint density at radius 1 is 1.40 bits per heavy atom. The topological polar surface area (TPSA) is 80.0 Å². The van der Waals surface area contributed by atoms with Crippen molar-refractivity contribution >= 4 is 28.9 Å². The zero-order valence-electron chi connectivity index (χ0n) is 17.9. The van der Waals surface area contributed by atoms with Gasteiger partial charge in [-0.2, -0.15) is 5.26 Å². The Balaban J connectivity index is 1.37. The van der Waals surface area contributed by atoms with Crippen LogP contribution in [-0.2, 0) is 4.79 Å². The van der Waals surface area contributed by atoms with Crippen molar-refractivity contribution in [2.45, 2.75) is 64.5 Å². The zero-order chi connectivity index (χ0) is 21.5. The lowest BCUT2D eigenvalue weighted by molar-refractivity contribution is -0.210. The number of nitriles is 1. The molecule has 5 nitrogen and oxygen atoms in total. The zero-order valence-corrected chi connectivity index (χ0v) is 18.6. The van der Waals surface area contributed by atoms with Gasteiger partial charge in [0.15, 0.2) is 0 Å². The molecule has 1 aliphatic heterocycles. The maximum atomic E-state index is 13.5. The molecule has 4 fully saturated rings. The van der Waals surface area contributed by atoms with Crippen LogP contribution >= 0.6 is 11.6 Å². The van der Waals surface area contributed by atoms with Crippen LogP contribution in [0.5, 0.6) is 0 Å². The third-order valence-corrected chi connectivity index (χ3v) is 9.26. The van der Waals surface area contributed by atoms with E-state index in [0.29, 0.717) is 22.7 Å². The quantitative estimate of drug-likeness (QED) is 0.663. The van der Waals surface area contributed by atoms with Gasteiger partial charge in [-0.1, -0.05) is 31.5 Å². The molecule has 1 amide bonds. The summed E-state index contributed by atoms with van der Waals surface area (Å²) >= 11 is 6.40. The van der Waals surface area contributed by atoms with E-state index in [9.17, 15) is 10.1 Å². The maximum absolute atomic E-state index is 13.5. The fourth-order valence-corrected chi connectivity index (χ4v) is 7.91. The second-order valence-corrected chi connectivity index (χ2v) is 10.9. The van der Waals surface area contributed by atoms with E-state index in [0.717, 1.165) is 37.8 Å². The lowest BCUT2D eigenvalue weighted by Gasteiger charge is -2.70.